The van der Waals surface area contributed by atoms with Crippen LogP contribution in [0.5, 0.6) is 0 Å². The number of rotatable bonds is 8. The number of nitrogens with two attached hydrogens (primary N) is 1. The highest BCUT2D eigenvalue weighted by molar-refractivity contribution is 5.95. The molecule has 0 bridgehead atoms. The lowest BCUT2D eigenvalue weighted by Gasteiger charge is -2.20. The summed E-state index contributed by atoms with van der Waals surface area (Å²) < 4.78 is 13.1. The second-order valence-electron chi connectivity index (χ2n) is 9.14. The Balaban J connectivity index is 1.47. The normalized spacial score (nSPS) is 12.9. The van der Waals surface area contributed by atoms with E-state index in [1.165, 1.54) is 12.5 Å². The summed E-state index contributed by atoms with van der Waals surface area (Å²) in [7, 11) is 3.54. The molecule has 5 rings (SSSR count). The van der Waals surface area contributed by atoms with Gasteiger partial charge in [0.1, 0.15) is 17.7 Å². The van der Waals surface area contributed by atoms with Crippen molar-refractivity contribution < 1.29 is 13.6 Å². The molecule has 11 heteroatoms. The molecule has 0 radical (unpaired) electrons. The van der Waals surface area contributed by atoms with Crippen LogP contribution in [0.1, 0.15) is 34.3 Å². The monoisotopic (exact) mass is 498 g/mol. The van der Waals surface area contributed by atoms with Gasteiger partial charge in [-0.05, 0) is 31.0 Å². The first-order valence-electron chi connectivity index (χ1n) is 11.6. The first kappa shape index (κ1) is 24.1. The molecule has 4 heterocycles. The van der Waals surface area contributed by atoms with Gasteiger partial charge in [-0.25, -0.2) is 9.97 Å². The summed E-state index contributed by atoms with van der Waals surface area (Å²) in [5.41, 5.74) is 8.63. The van der Waals surface area contributed by atoms with Gasteiger partial charge in [0.2, 0.25) is 11.8 Å². The van der Waals surface area contributed by atoms with Crippen molar-refractivity contribution in [3.63, 3.8) is 0 Å². The fourth-order valence-electron chi connectivity index (χ4n) is 4.00. The molecule has 0 fully saturated rings. The molecule has 1 atom stereocenters. The summed E-state index contributed by atoms with van der Waals surface area (Å²) in [5.74, 6) is 0.430. The molecule has 1 amide bonds. The van der Waals surface area contributed by atoms with Crippen molar-refractivity contribution in [3.8, 4) is 23.2 Å². The van der Waals surface area contributed by atoms with Gasteiger partial charge >= 0.3 is 0 Å². The lowest BCUT2D eigenvalue weighted by molar-refractivity contribution is 0.0785. The Hall–Kier alpha value is -4.64. The average molecular weight is 499 g/mol. The minimum Gasteiger partial charge on any atom is -0.443 e. The Morgan fingerprint density at radius 3 is 2.54 bits per heavy atom. The zero-order chi connectivity index (χ0) is 26.0. The average Bonchev–Trinajstić information content (AvgIpc) is 3.66. The van der Waals surface area contributed by atoms with Crippen molar-refractivity contribution in [3.05, 3.63) is 89.9 Å². The van der Waals surface area contributed by atoms with Gasteiger partial charge in [0.15, 0.2) is 0 Å². The predicted octanol–water partition coefficient (Wildman–Crippen LogP) is 3.21. The van der Waals surface area contributed by atoms with E-state index in [-0.39, 0.29) is 23.6 Å². The van der Waals surface area contributed by atoms with E-state index in [0.717, 1.165) is 11.1 Å². The third kappa shape index (κ3) is 5.31. The Morgan fingerprint density at radius 1 is 1.11 bits per heavy atom. The molecule has 188 valence electrons. The van der Waals surface area contributed by atoms with E-state index in [1.807, 2.05) is 50.5 Å². The van der Waals surface area contributed by atoms with Gasteiger partial charge in [-0.1, -0.05) is 30.3 Å². The van der Waals surface area contributed by atoms with E-state index in [0.29, 0.717) is 29.9 Å². The van der Waals surface area contributed by atoms with Crippen molar-refractivity contribution in [2.45, 2.75) is 25.4 Å². The Kier molecular flexibility index (Phi) is 6.36. The van der Waals surface area contributed by atoms with E-state index < -0.39 is 5.54 Å². The predicted molar refractivity (Wildman–Crippen MR) is 134 cm³/mol. The number of aryl methyl sites for hydroxylation is 1. The van der Waals surface area contributed by atoms with Crippen molar-refractivity contribution >= 4 is 5.91 Å². The van der Waals surface area contributed by atoms with Gasteiger partial charge in [0, 0.05) is 38.0 Å². The zero-order valence-electron chi connectivity index (χ0n) is 20.7. The minimum atomic E-state index is -0.907. The number of carbonyl (C=O) groups is 1. The highest BCUT2D eigenvalue weighted by atomic mass is 16.4. The summed E-state index contributed by atoms with van der Waals surface area (Å²) >= 11 is 0. The first-order chi connectivity index (χ1) is 17.8. The number of hydrogen-bond acceptors (Lipinski definition) is 9. The second-order valence-corrected chi connectivity index (χ2v) is 9.14. The third-order valence-electron chi connectivity index (χ3n) is 5.80. The number of hydrogen-bond donors (Lipinski definition) is 1. The number of benzene rings is 1. The van der Waals surface area contributed by atoms with Crippen LogP contribution in [0.15, 0.2) is 76.2 Å². The largest absolute Gasteiger partial charge is 0.443 e. The fraction of sp³-hybridized carbons (Fsp3) is 0.231. The van der Waals surface area contributed by atoms with Crippen LogP contribution in [-0.4, -0.2) is 47.8 Å². The topological polar surface area (TPSA) is 142 Å². The molecular weight excluding hydrogens is 472 g/mol. The summed E-state index contributed by atoms with van der Waals surface area (Å²) in [6, 6.07) is 13.1. The van der Waals surface area contributed by atoms with Gasteiger partial charge in [0.25, 0.3) is 11.8 Å². The molecule has 0 saturated carbocycles. The maximum absolute atomic E-state index is 13.4. The Morgan fingerprint density at radius 2 is 1.86 bits per heavy atom. The maximum Gasteiger partial charge on any atom is 0.266 e. The molecule has 4 aromatic heterocycles. The third-order valence-corrected chi connectivity index (χ3v) is 5.80. The molecule has 0 aliphatic carbocycles. The number of oxazole rings is 1. The SMILES string of the molecule is CN(Cc1cnn(C)c1)C(=O)c1cc(-c2ncco2)nc(-c2nnc([C@](C)(N)Cc3ccccc3)o2)c1. The summed E-state index contributed by atoms with van der Waals surface area (Å²) in [6.45, 7) is 2.21. The summed E-state index contributed by atoms with van der Waals surface area (Å²) in [4.78, 5) is 23.7. The van der Waals surface area contributed by atoms with Crippen LogP contribution in [-0.2, 0) is 25.6 Å². The first-order valence-corrected chi connectivity index (χ1v) is 11.6. The van der Waals surface area contributed by atoms with Gasteiger partial charge in [-0.2, -0.15) is 5.10 Å². The molecule has 0 saturated heterocycles. The van der Waals surface area contributed by atoms with Gasteiger partial charge in [0.05, 0.1) is 17.9 Å². The highest BCUT2D eigenvalue weighted by Crippen LogP contribution is 2.28. The zero-order valence-corrected chi connectivity index (χ0v) is 20.7. The van der Waals surface area contributed by atoms with Crippen molar-refractivity contribution in [2.75, 3.05) is 7.05 Å². The molecule has 37 heavy (non-hydrogen) atoms. The van der Waals surface area contributed by atoms with E-state index in [2.05, 4.69) is 25.3 Å². The van der Waals surface area contributed by atoms with Crippen LogP contribution in [0, 0.1) is 0 Å². The summed E-state index contributed by atoms with van der Waals surface area (Å²) in [6.07, 6.45) is 7.03. The van der Waals surface area contributed by atoms with E-state index in [9.17, 15) is 4.79 Å². The highest BCUT2D eigenvalue weighted by Gasteiger charge is 2.29. The van der Waals surface area contributed by atoms with Crippen LogP contribution < -0.4 is 5.73 Å². The molecule has 0 spiro atoms. The molecule has 5 aromatic rings. The molecule has 0 aliphatic heterocycles. The van der Waals surface area contributed by atoms with E-state index in [4.69, 9.17) is 14.6 Å². The van der Waals surface area contributed by atoms with Crippen LogP contribution >= 0.6 is 0 Å². The molecule has 1 aromatic carbocycles. The van der Waals surface area contributed by atoms with Crippen molar-refractivity contribution in [2.24, 2.45) is 12.8 Å². The smallest absolute Gasteiger partial charge is 0.266 e. The Bertz CT molecular complexity index is 1510. The van der Waals surface area contributed by atoms with Gasteiger partial charge < -0.3 is 19.5 Å². The lowest BCUT2D eigenvalue weighted by Crippen LogP contribution is -2.35. The summed E-state index contributed by atoms with van der Waals surface area (Å²) in [5, 5.41) is 12.5. The second kappa shape index (κ2) is 9.78. The molecule has 0 aliphatic rings. The number of amides is 1. The standard InChI is InChI=1S/C26H26N8O3/c1-26(27,13-17-7-5-4-6-8-17)25-32-31-23(37-25)21-12-19(11-20(30-21)22-28-9-10-36-22)24(35)33(2)15-18-14-29-34(3)16-18/h4-12,14,16H,13,15,27H2,1-3H3/t26-/m1/s1. The molecule has 0 unspecified atom stereocenters. The van der Waals surface area contributed by atoms with E-state index in [1.54, 1.807) is 35.0 Å². The number of carbonyl (C=O) groups excluding carboxylic acids is 1. The van der Waals surface area contributed by atoms with E-state index >= 15 is 0 Å². The van der Waals surface area contributed by atoms with Crippen LogP contribution in [0.2, 0.25) is 0 Å². The quantitative estimate of drug-likeness (QED) is 0.341. The maximum atomic E-state index is 13.4. The lowest BCUT2D eigenvalue weighted by atomic mass is 9.94. The molecular formula is C26H26N8O3. The number of pyridine rings is 1. The van der Waals surface area contributed by atoms with Gasteiger partial charge in [-0.15, -0.1) is 10.2 Å². The van der Waals surface area contributed by atoms with Gasteiger partial charge in [-0.3, -0.25) is 9.48 Å². The number of nitrogens with zero attached hydrogens (tertiary/aromatic N) is 7. The molecule has 11 nitrogen and oxygen atoms in total. The van der Waals surface area contributed by atoms with Crippen LogP contribution in [0.25, 0.3) is 23.2 Å². The minimum absolute atomic E-state index is 0.136. The van der Waals surface area contributed by atoms with Crippen LogP contribution in [0.3, 0.4) is 0 Å². The Labute approximate surface area is 213 Å². The van der Waals surface area contributed by atoms with Crippen LogP contribution in [0.4, 0.5) is 0 Å². The van der Waals surface area contributed by atoms with Crippen molar-refractivity contribution in [1.82, 2.24) is 34.8 Å². The molecule has 2 N–H and O–H groups in total. The van der Waals surface area contributed by atoms with Crippen molar-refractivity contribution in [1.29, 1.82) is 0 Å². The number of aromatic nitrogens is 6. The fourth-order valence-corrected chi connectivity index (χ4v) is 4.00.